The van der Waals surface area contributed by atoms with Crippen LogP contribution in [0.25, 0.3) is 11.6 Å². The minimum absolute atomic E-state index is 0.120. The Morgan fingerprint density at radius 1 is 1.05 bits per heavy atom. The number of nitrogens with one attached hydrogen (secondary N) is 1. The molecule has 0 spiro atoms. The van der Waals surface area contributed by atoms with Crippen LogP contribution in [-0.4, -0.2) is 53.0 Å². The first kappa shape index (κ1) is 28.6. The summed E-state index contributed by atoms with van der Waals surface area (Å²) in [6, 6.07) is 4.49. The number of amides is 2. The zero-order valence-corrected chi connectivity index (χ0v) is 24.2. The first-order valence-corrected chi connectivity index (χ1v) is 13.2. The predicted octanol–water partition coefficient (Wildman–Crippen LogP) is 5.76. The van der Waals surface area contributed by atoms with Crippen molar-refractivity contribution in [3.8, 4) is 0 Å². The molecule has 7 heteroatoms. The summed E-state index contributed by atoms with van der Waals surface area (Å²) in [6.45, 7) is 23.4. The van der Waals surface area contributed by atoms with Crippen molar-refractivity contribution >= 4 is 29.2 Å². The van der Waals surface area contributed by atoms with Gasteiger partial charge in [-0.2, -0.15) is 0 Å². The van der Waals surface area contributed by atoms with Crippen LogP contribution < -0.4 is 10.2 Å². The fourth-order valence-electron chi connectivity index (χ4n) is 5.39. The molecule has 0 aliphatic carbocycles. The molecule has 0 fully saturated rings. The summed E-state index contributed by atoms with van der Waals surface area (Å²) in [5, 5.41) is 3.08. The number of benzene rings is 1. The minimum atomic E-state index is -0.480. The van der Waals surface area contributed by atoms with Crippen LogP contribution in [0.5, 0.6) is 0 Å². The third-order valence-corrected chi connectivity index (χ3v) is 7.08. The molecular weight excluding hydrogens is 467 g/mol. The lowest BCUT2D eigenvalue weighted by Crippen LogP contribution is -2.43. The summed E-state index contributed by atoms with van der Waals surface area (Å²) < 4.78 is 16.5. The van der Waals surface area contributed by atoms with E-state index < -0.39 is 5.54 Å². The van der Waals surface area contributed by atoms with Crippen molar-refractivity contribution in [3.63, 3.8) is 0 Å². The Kier molecular flexibility index (Phi) is 8.08. The second-order valence-corrected chi connectivity index (χ2v) is 11.8. The van der Waals surface area contributed by atoms with Crippen LogP contribution in [-0.2, 0) is 10.3 Å². The molecule has 1 N–H and O–H groups in total. The van der Waals surface area contributed by atoms with Gasteiger partial charge in [0.2, 0.25) is 0 Å². The van der Waals surface area contributed by atoms with E-state index in [-0.39, 0.29) is 23.2 Å². The maximum atomic E-state index is 14.4. The highest BCUT2D eigenvalue weighted by atomic mass is 19.1. The van der Waals surface area contributed by atoms with Gasteiger partial charge in [0.25, 0.3) is 11.8 Å². The molecule has 0 saturated heterocycles. The topological polar surface area (TPSA) is 57.6 Å². The standard InChI is InChI=1S/C30H43FN4O2/c1-11-33(12-2)16-15-32-27(36)26-19(3)25(34(20(26)4)29(5,6)7)18-23-22-17-21(31)13-14-24(22)35(28(23)37)30(8,9)10/h13-14,17-18H,11-12,15-16H2,1-10H3,(H,32,36)/b23-18-. The molecule has 0 saturated carbocycles. The van der Waals surface area contributed by atoms with Crippen LogP contribution in [0.15, 0.2) is 18.2 Å². The summed E-state index contributed by atoms with van der Waals surface area (Å²) in [5.74, 6) is -0.678. The Labute approximate surface area is 221 Å². The summed E-state index contributed by atoms with van der Waals surface area (Å²) in [4.78, 5) is 31.1. The van der Waals surface area contributed by atoms with E-state index in [1.165, 1.54) is 12.1 Å². The lowest BCUT2D eigenvalue weighted by atomic mass is 10.0. The largest absolute Gasteiger partial charge is 0.351 e. The number of aromatic nitrogens is 1. The Morgan fingerprint density at radius 2 is 1.68 bits per heavy atom. The SMILES string of the molecule is CCN(CC)CCNC(=O)c1c(C)c(/C=C2\C(=O)N(C(C)(C)C)c3ccc(F)cc32)n(C(C)(C)C)c1C. The zero-order chi connectivity index (χ0) is 27.9. The van der Waals surface area contributed by atoms with Gasteiger partial charge in [-0.3, -0.25) is 9.59 Å². The van der Waals surface area contributed by atoms with Gasteiger partial charge in [-0.05, 0) is 98.3 Å². The number of hydrogen-bond acceptors (Lipinski definition) is 3. The van der Waals surface area contributed by atoms with E-state index in [9.17, 15) is 14.0 Å². The van der Waals surface area contributed by atoms with Crippen molar-refractivity contribution in [2.75, 3.05) is 31.1 Å². The van der Waals surface area contributed by atoms with E-state index in [0.29, 0.717) is 28.9 Å². The van der Waals surface area contributed by atoms with Crippen molar-refractivity contribution in [1.82, 2.24) is 14.8 Å². The Balaban J connectivity index is 2.14. The molecule has 0 bridgehead atoms. The maximum Gasteiger partial charge on any atom is 0.259 e. The molecule has 0 unspecified atom stereocenters. The van der Waals surface area contributed by atoms with Crippen molar-refractivity contribution in [3.05, 3.63) is 52.1 Å². The second kappa shape index (κ2) is 10.4. The van der Waals surface area contributed by atoms with Gasteiger partial charge in [-0.25, -0.2) is 4.39 Å². The predicted molar refractivity (Wildman–Crippen MR) is 151 cm³/mol. The molecule has 1 aliphatic heterocycles. The van der Waals surface area contributed by atoms with Gasteiger partial charge in [0.1, 0.15) is 5.82 Å². The van der Waals surface area contributed by atoms with Crippen molar-refractivity contribution in [1.29, 1.82) is 0 Å². The summed E-state index contributed by atoms with van der Waals surface area (Å²) >= 11 is 0. The highest BCUT2D eigenvalue weighted by molar-refractivity contribution is 6.36. The molecule has 0 atom stereocenters. The minimum Gasteiger partial charge on any atom is -0.351 e. The Morgan fingerprint density at radius 3 is 2.22 bits per heavy atom. The van der Waals surface area contributed by atoms with Gasteiger partial charge < -0.3 is 19.7 Å². The van der Waals surface area contributed by atoms with Crippen LogP contribution in [0.4, 0.5) is 10.1 Å². The normalized spacial score (nSPS) is 15.2. The van der Waals surface area contributed by atoms with Gasteiger partial charge in [0.05, 0.1) is 16.8 Å². The van der Waals surface area contributed by atoms with Crippen LogP contribution in [0.3, 0.4) is 0 Å². The molecule has 0 radical (unpaired) electrons. The monoisotopic (exact) mass is 510 g/mol. The summed E-state index contributed by atoms with van der Waals surface area (Å²) in [6.07, 6.45) is 1.84. The molecule has 2 heterocycles. The molecular formula is C30H43FN4O2. The van der Waals surface area contributed by atoms with Crippen molar-refractivity contribution < 1.29 is 14.0 Å². The molecule has 202 valence electrons. The summed E-state index contributed by atoms with van der Waals surface area (Å²) in [7, 11) is 0. The van der Waals surface area contributed by atoms with Gasteiger partial charge in [0.15, 0.2) is 0 Å². The van der Waals surface area contributed by atoms with E-state index in [2.05, 4.69) is 49.4 Å². The molecule has 6 nitrogen and oxygen atoms in total. The van der Waals surface area contributed by atoms with Gasteiger partial charge in [-0.1, -0.05) is 13.8 Å². The zero-order valence-electron chi connectivity index (χ0n) is 24.2. The van der Waals surface area contributed by atoms with Gasteiger partial charge in [0, 0.05) is 41.1 Å². The number of carbonyl (C=O) groups excluding carboxylic acids is 2. The van der Waals surface area contributed by atoms with Crippen LogP contribution in [0, 0.1) is 19.7 Å². The molecule has 3 rings (SSSR count). The van der Waals surface area contributed by atoms with E-state index in [0.717, 1.165) is 36.6 Å². The lowest BCUT2D eigenvalue weighted by molar-refractivity contribution is -0.113. The molecule has 1 aromatic carbocycles. The summed E-state index contributed by atoms with van der Waals surface area (Å²) in [5.41, 5.74) is 3.93. The van der Waals surface area contributed by atoms with Gasteiger partial charge in [-0.15, -0.1) is 0 Å². The van der Waals surface area contributed by atoms with E-state index in [1.54, 1.807) is 11.0 Å². The number of likely N-dealkylation sites (N-methyl/N-ethyl adjacent to an activating group) is 1. The quantitative estimate of drug-likeness (QED) is 0.482. The van der Waals surface area contributed by atoms with E-state index in [4.69, 9.17) is 0 Å². The molecule has 2 amide bonds. The Bertz CT molecular complexity index is 1220. The number of carbonyl (C=O) groups is 2. The average Bonchev–Trinajstić information content (AvgIpc) is 3.20. The molecule has 2 aromatic rings. The molecule has 1 aromatic heterocycles. The van der Waals surface area contributed by atoms with Crippen LogP contribution >= 0.6 is 0 Å². The van der Waals surface area contributed by atoms with Crippen LogP contribution in [0.1, 0.15) is 88.3 Å². The van der Waals surface area contributed by atoms with Gasteiger partial charge >= 0.3 is 0 Å². The third-order valence-electron chi connectivity index (χ3n) is 7.08. The number of rotatable bonds is 7. The highest BCUT2D eigenvalue weighted by Crippen LogP contribution is 2.43. The average molecular weight is 511 g/mol. The number of fused-ring (bicyclic) bond motifs is 1. The Hall–Kier alpha value is -2.93. The smallest absolute Gasteiger partial charge is 0.259 e. The number of nitrogens with zero attached hydrogens (tertiary/aromatic N) is 3. The van der Waals surface area contributed by atoms with Crippen molar-refractivity contribution in [2.24, 2.45) is 0 Å². The highest BCUT2D eigenvalue weighted by Gasteiger charge is 2.40. The molecule has 37 heavy (non-hydrogen) atoms. The molecule has 1 aliphatic rings. The number of anilines is 1. The van der Waals surface area contributed by atoms with Crippen molar-refractivity contribution in [2.45, 2.75) is 80.3 Å². The fraction of sp³-hybridized carbons (Fsp3) is 0.533. The second-order valence-electron chi connectivity index (χ2n) is 11.8. The van der Waals surface area contributed by atoms with Crippen LogP contribution in [0.2, 0.25) is 0 Å². The van der Waals surface area contributed by atoms with E-state index in [1.807, 2.05) is 40.7 Å². The first-order valence-electron chi connectivity index (χ1n) is 13.2. The lowest BCUT2D eigenvalue weighted by Gasteiger charge is -2.32. The fourth-order valence-corrected chi connectivity index (χ4v) is 5.39. The van der Waals surface area contributed by atoms with E-state index >= 15 is 0 Å². The number of halogens is 1. The third kappa shape index (κ3) is 5.52. The number of hydrogen-bond donors (Lipinski definition) is 1. The first-order chi connectivity index (χ1) is 17.1. The maximum absolute atomic E-state index is 14.4.